The number of rotatable bonds is 4. The Kier molecular flexibility index (Phi) is 12.0. The van der Waals surface area contributed by atoms with Crippen molar-refractivity contribution < 1.29 is 4.42 Å². The molecule has 9 aromatic rings. The SMILES string of the molecule is C=Cc1oc2ccc(C)cc2c1C=C.CC.Cc1ccc2c(c1)C(C)(C)c1cc(-c3cccc(-c4cccc5ccccc45)c3)c3ccccc3c1-2.Cc1ccccc1. The van der Waals surface area contributed by atoms with Crippen molar-refractivity contribution in [1.29, 1.82) is 0 Å². The molecule has 1 heterocycles. The molecule has 1 aliphatic rings. The van der Waals surface area contributed by atoms with Gasteiger partial charge in [0.25, 0.3) is 0 Å². The molecule has 292 valence electrons. The largest absolute Gasteiger partial charge is 0.456 e. The highest BCUT2D eigenvalue weighted by molar-refractivity contribution is 6.09. The Morgan fingerprint density at radius 3 is 1.76 bits per heavy atom. The minimum absolute atomic E-state index is 0.0390. The van der Waals surface area contributed by atoms with Crippen molar-refractivity contribution in [3.8, 4) is 33.4 Å². The van der Waals surface area contributed by atoms with E-state index < -0.39 is 0 Å². The summed E-state index contributed by atoms with van der Waals surface area (Å²) in [4.78, 5) is 0. The lowest BCUT2D eigenvalue weighted by molar-refractivity contribution is 0.603. The van der Waals surface area contributed by atoms with Gasteiger partial charge in [0, 0.05) is 16.4 Å². The smallest absolute Gasteiger partial charge is 0.135 e. The number of furan rings is 1. The molecule has 0 saturated heterocycles. The third-order valence-electron chi connectivity index (χ3n) is 11.4. The minimum atomic E-state index is -0.0390. The van der Waals surface area contributed by atoms with E-state index >= 15 is 0 Å². The van der Waals surface area contributed by atoms with Gasteiger partial charge in [-0.15, -0.1) is 0 Å². The summed E-state index contributed by atoms with van der Waals surface area (Å²) in [5.41, 5.74) is 16.5. The van der Waals surface area contributed by atoms with E-state index in [4.69, 9.17) is 4.42 Å². The first-order valence-electron chi connectivity index (χ1n) is 20.7. The van der Waals surface area contributed by atoms with Gasteiger partial charge in [-0.25, -0.2) is 0 Å². The Morgan fingerprint density at radius 2 is 1.07 bits per heavy atom. The highest BCUT2D eigenvalue weighted by Crippen LogP contribution is 2.53. The van der Waals surface area contributed by atoms with Crippen molar-refractivity contribution in [3.63, 3.8) is 0 Å². The molecule has 8 aromatic carbocycles. The van der Waals surface area contributed by atoms with Gasteiger partial charge in [-0.05, 0) is 117 Å². The van der Waals surface area contributed by atoms with Crippen molar-refractivity contribution >= 4 is 44.7 Å². The van der Waals surface area contributed by atoms with Crippen molar-refractivity contribution in [2.24, 2.45) is 0 Å². The van der Waals surface area contributed by atoms with Gasteiger partial charge in [0.15, 0.2) is 0 Å². The summed E-state index contributed by atoms with van der Waals surface area (Å²) in [7, 11) is 0. The molecular formula is C58H54O. The lowest BCUT2D eigenvalue weighted by Crippen LogP contribution is -2.15. The summed E-state index contributed by atoms with van der Waals surface area (Å²) in [6.45, 7) is 22.6. The minimum Gasteiger partial charge on any atom is -0.456 e. The van der Waals surface area contributed by atoms with E-state index in [2.05, 4.69) is 181 Å². The van der Waals surface area contributed by atoms with Crippen LogP contribution in [0.25, 0.3) is 78.0 Å². The Hall–Kier alpha value is -6.70. The first kappa shape index (κ1) is 40.5. The fourth-order valence-corrected chi connectivity index (χ4v) is 8.41. The third kappa shape index (κ3) is 7.94. The highest BCUT2D eigenvalue weighted by atomic mass is 16.3. The number of hydrogen-bond donors (Lipinski definition) is 0. The predicted octanol–water partition coefficient (Wildman–Crippen LogP) is 17.0. The van der Waals surface area contributed by atoms with Crippen molar-refractivity contribution in [2.45, 2.75) is 53.9 Å². The van der Waals surface area contributed by atoms with Crippen LogP contribution in [-0.2, 0) is 5.41 Å². The maximum absolute atomic E-state index is 5.60. The summed E-state index contributed by atoms with van der Waals surface area (Å²) < 4.78 is 5.60. The zero-order valence-electron chi connectivity index (χ0n) is 35.6. The Labute approximate surface area is 351 Å². The van der Waals surface area contributed by atoms with Gasteiger partial charge in [-0.2, -0.15) is 0 Å². The van der Waals surface area contributed by atoms with Gasteiger partial charge in [0.05, 0.1) is 0 Å². The van der Waals surface area contributed by atoms with Crippen LogP contribution >= 0.6 is 0 Å². The molecule has 0 aliphatic heterocycles. The maximum Gasteiger partial charge on any atom is 0.135 e. The zero-order valence-corrected chi connectivity index (χ0v) is 35.6. The summed E-state index contributed by atoms with van der Waals surface area (Å²) in [5.74, 6) is 0.792. The standard InChI is InChI=1S/C36H28.C13H12O.C7H8.C2H6/c1-23-18-19-31-33(20-23)36(2,3)34-22-32(29-15-6-7-16-30(29)35(31)34)26-13-8-12-25(21-26)28-17-9-11-24-10-4-5-14-27(24)28;1-4-10-11-8-9(3)6-7-13(11)14-12(10)5-2;1-7-5-3-2-4-6-7;1-2/h4-22H,1-3H3;4-8H,1-2H2,3H3;2-6H,1H3;1-2H3. The van der Waals surface area contributed by atoms with Gasteiger partial charge < -0.3 is 4.42 Å². The molecule has 1 aliphatic carbocycles. The lowest BCUT2D eigenvalue weighted by Gasteiger charge is -2.23. The van der Waals surface area contributed by atoms with E-state index in [-0.39, 0.29) is 5.41 Å². The maximum atomic E-state index is 5.60. The normalized spacial score (nSPS) is 11.9. The monoisotopic (exact) mass is 766 g/mol. The van der Waals surface area contributed by atoms with E-state index in [1.165, 1.54) is 82.7 Å². The van der Waals surface area contributed by atoms with Crippen LogP contribution in [0.15, 0.2) is 181 Å². The van der Waals surface area contributed by atoms with Crippen LogP contribution in [-0.4, -0.2) is 0 Å². The second kappa shape index (κ2) is 17.4. The first-order chi connectivity index (χ1) is 28.7. The molecule has 0 atom stereocenters. The van der Waals surface area contributed by atoms with Crippen LogP contribution in [0.4, 0.5) is 0 Å². The Bertz CT molecular complexity index is 2930. The van der Waals surface area contributed by atoms with Gasteiger partial charge in [-0.1, -0.05) is 203 Å². The molecule has 0 amide bonds. The Morgan fingerprint density at radius 1 is 0.458 bits per heavy atom. The third-order valence-corrected chi connectivity index (χ3v) is 11.4. The molecule has 0 bridgehead atoms. The summed E-state index contributed by atoms with van der Waals surface area (Å²) in [5, 5.41) is 6.34. The van der Waals surface area contributed by atoms with Crippen LogP contribution in [0, 0.1) is 20.8 Å². The van der Waals surface area contributed by atoms with Crippen LogP contribution in [0.5, 0.6) is 0 Å². The quantitative estimate of drug-likeness (QED) is 0.174. The van der Waals surface area contributed by atoms with E-state index in [9.17, 15) is 0 Å². The fraction of sp³-hybridized carbons (Fsp3) is 0.138. The van der Waals surface area contributed by atoms with E-state index in [1.54, 1.807) is 6.08 Å². The average Bonchev–Trinajstić information content (AvgIpc) is 3.74. The van der Waals surface area contributed by atoms with Crippen molar-refractivity contribution in [3.05, 3.63) is 216 Å². The second-order valence-corrected chi connectivity index (χ2v) is 15.6. The summed E-state index contributed by atoms with van der Waals surface area (Å²) in [6, 6.07) is 59.1. The first-order valence-corrected chi connectivity index (χ1v) is 20.7. The molecule has 0 saturated carbocycles. The lowest BCUT2D eigenvalue weighted by atomic mass is 9.80. The number of fused-ring (bicyclic) bond motifs is 7. The summed E-state index contributed by atoms with van der Waals surface area (Å²) in [6.07, 6.45) is 3.52. The fourth-order valence-electron chi connectivity index (χ4n) is 8.41. The molecule has 1 aromatic heterocycles. The van der Waals surface area contributed by atoms with Crippen LogP contribution < -0.4 is 0 Å². The number of hydrogen-bond acceptors (Lipinski definition) is 1. The van der Waals surface area contributed by atoms with Gasteiger partial charge in [0.1, 0.15) is 11.3 Å². The Balaban J connectivity index is 0.000000188. The summed E-state index contributed by atoms with van der Waals surface area (Å²) >= 11 is 0. The van der Waals surface area contributed by atoms with Gasteiger partial charge in [-0.3, -0.25) is 0 Å². The molecule has 0 N–H and O–H groups in total. The second-order valence-electron chi connectivity index (χ2n) is 15.6. The molecule has 0 radical (unpaired) electrons. The zero-order chi connectivity index (χ0) is 41.7. The number of aryl methyl sites for hydroxylation is 3. The van der Waals surface area contributed by atoms with Gasteiger partial charge in [0.2, 0.25) is 0 Å². The predicted molar refractivity (Wildman–Crippen MR) is 258 cm³/mol. The molecule has 0 fully saturated rings. The highest BCUT2D eigenvalue weighted by Gasteiger charge is 2.37. The molecule has 0 spiro atoms. The van der Waals surface area contributed by atoms with E-state index in [0.29, 0.717) is 0 Å². The van der Waals surface area contributed by atoms with Gasteiger partial charge >= 0.3 is 0 Å². The topological polar surface area (TPSA) is 13.1 Å². The van der Waals surface area contributed by atoms with Crippen LogP contribution in [0.1, 0.15) is 66.8 Å². The number of benzene rings is 8. The average molecular weight is 767 g/mol. The molecule has 1 heteroatoms. The van der Waals surface area contributed by atoms with Crippen LogP contribution in [0.3, 0.4) is 0 Å². The molecule has 0 unspecified atom stereocenters. The van der Waals surface area contributed by atoms with E-state index in [1.807, 2.05) is 50.3 Å². The molecule has 10 rings (SSSR count). The van der Waals surface area contributed by atoms with Crippen molar-refractivity contribution in [1.82, 2.24) is 0 Å². The van der Waals surface area contributed by atoms with Crippen LogP contribution in [0.2, 0.25) is 0 Å². The van der Waals surface area contributed by atoms with Crippen molar-refractivity contribution in [2.75, 3.05) is 0 Å². The molecule has 59 heavy (non-hydrogen) atoms. The van der Waals surface area contributed by atoms with E-state index in [0.717, 1.165) is 22.3 Å². The molecular weight excluding hydrogens is 713 g/mol. The molecule has 1 nitrogen and oxygen atoms in total.